The molecule has 1 fully saturated rings. The van der Waals surface area contributed by atoms with Crippen LogP contribution in [0, 0.1) is 12.5 Å². The fourth-order valence-corrected chi connectivity index (χ4v) is 1.86. The van der Waals surface area contributed by atoms with E-state index >= 15 is 0 Å². The Balaban J connectivity index is 0.00000180. The number of aliphatic hydroxyl groups is 1. The number of aliphatic hydroxyl groups excluding tert-OH is 1. The van der Waals surface area contributed by atoms with Gasteiger partial charge in [-0.25, -0.2) is 6.61 Å². The van der Waals surface area contributed by atoms with Crippen LogP contribution in [0.1, 0.15) is 13.3 Å². The van der Waals surface area contributed by atoms with Crippen molar-refractivity contribution in [3.8, 4) is 11.5 Å². The zero-order valence-electron chi connectivity index (χ0n) is 11.1. The summed E-state index contributed by atoms with van der Waals surface area (Å²) in [7, 11) is 0. The Morgan fingerprint density at radius 1 is 1.53 bits per heavy atom. The fourth-order valence-electron chi connectivity index (χ4n) is 1.69. The molecule has 0 aromatic heterocycles. The van der Waals surface area contributed by atoms with Crippen molar-refractivity contribution in [3.63, 3.8) is 0 Å². The third-order valence-corrected chi connectivity index (χ3v) is 2.86. The molecule has 1 aliphatic rings. The Morgan fingerprint density at radius 2 is 2.32 bits per heavy atom. The van der Waals surface area contributed by atoms with Gasteiger partial charge in [0, 0.05) is 6.07 Å². The number of hydrogen-bond donors (Lipinski definition) is 1. The Morgan fingerprint density at radius 3 is 2.95 bits per heavy atom. The standard InChI is InChI=1S/C13H16ClO4.Cs/c1-9-6-13(17-8-9)18-10-2-3-11(14)12(7-10)16-5-4-15;/h2-3,7-9,13,15H,4-6H2,1H3;/q-1;+1/t9-,13?;/m1./s1. The average molecular weight is 405 g/mol. The second kappa shape index (κ2) is 9.17. The maximum absolute atomic E-state index is 8.72. The summed E-state index contributed by atoms with van der Waals surface area (Å²) < 4.78 is 16.3. The van der Waals surface area contributed by atoms with Crippen LogP contribution in [0.15, 0.2) is 18.2 Å². The van der Waals surface area contributed by atoms with E-state index in [1.54, 1.807) is 24.8 Å². The normalized spacial score (nSPS) is 21.8. The third-order valence-electron chi connectivity index (χ3n) is 2.55. The maximum atomic E-state index is 8.72. The van der Waals surface area contributed by atoms with E-state index in [4.69, 9.17) is 30.9 Å². The van der Waals surface area contributed by atoms with E-state index in [2.05, 4.69) is 6.92 Å². The van der Waals surface area contributed by atoms with Gasteiger partial charge in [-0.2, -0.15) is 0 Å². The van der Waals surface area contributed by atoms with Crippen LogP contribution in [-0.2, 0) is 4.74 Å². The minimum absolute atomic E-state index is 0. The summed E-state index contributed by atoms with van der Waals surface area (Å²) in [4.78, 5) is 0. The number of benzene rings is 1. The van der Waals surface area contributed by atoms with Gasteiger partial charge in [0.2, 0.25) is 0 Å². The Labute approximate surface area is 177 Å². The molecule has 1 N–H and O–H groups in total. The summed E-state index contributed by atoms with van der Waals surface area (Å²) in [5.41, 5.74) is 0. The molecular formula is C13H16ClCsO4. The first-order valence-corrected chi connectivity index (χ1v) is 6.25. The van der Waals surface area contributed by atoms with Gasteiger partial charge in [-0.3, -0.25) is 0 Å². The van der Waals surface area contributed by atoms with Crippen molar-refractivity contribution >= 4 is 11.6 Å². The summed E-state index contributed by atoms with van der Waals surface area (Å²) in [5.74, 6) is 1.53. The predicted octanol–water partition coefficient (Wildman–Crippen LogP) is -0.362. The van der Waals surface area contributed by atoms with Crippen LogP contribution in [0.3, 0.4) is 0 Å². The molecule has 1 aromatic carbocycles. The molecule has 1 heterocycles. The summed E-state index contributed by atoms with van der Waals surface area (Å²) in [6, 6.07) is 5.16. The van der Waals surface area contributed by atoms with Crippen molar-refractivity contribution in [3.05, 3.63) is 29.8 Å². The van der Waals surface area contributed by atoms with Crippen LogP contribution < -0.4 is 78.4 Å². The van der Waals surface area contributed by atoms with E-state index in [1.165, 1.54) is 0 Å². The van der Waals surface area contributed by atoms with Crippen LogP contribution in [0.2, 0.25) is 5.02 Å². The van der Waals surface area contributed by atoms with Crippen molar-refractivity contribution in [1.29, 1.82) is 0 Å². The van der Waals surface area contributed by atoms with Gasteiger partial charge in [-0.15, -0.1) is 5.92 Å². The zero-order chi connectivity index (χ0) is 13.0. The van der Waals surface area contributed by atoms with Crippen LogP contribution in [0.5, 0.6) is 11.5 Å². The fraction of sp³-hybridized carbons (Fsp3) is 0.462. The number of hydrogen-bond acceptors (Lipinski definition) is 4. The van der Waals surface area contributed by atoms with E-state index in [1.807, 2.05) is 0 Å². The van der Waals surface area contributed by atoms with Crippen molar-refractivity contribution in [1.82, 2.24) is 0 Å². The number of ether oxygens (including phenoxy) is 3. The Hall–Kier alpha value is 1.08. The first kappa shape index (κ1) is 18.1. The smallest absolute Gasteiger partial charge is 0.520 e. The third kappa shape index (κ3) is 5.76. The molecule has 1 saturated heterocycles. The summed E-state index contributed by atoms with van der Waals surface area (Å²) in [6.07, 6.45) is 0.571. The van der Waals surface area contributed by atoms with Crippen molar-refractivity contribution in [2.75, 3.05) is 13.2 Å². The molecule has 1 aliphatic heterocycles. The van der Waals surface area contributed by atoms with Gasteiger partial charge in [0.1, 0.15) is 18.1 Å². The molecule has 0 aliphatic carbocycles. The van der Waals surface area contributed by atoms with E-state index < -0.39 is 0 Å². The minimum atomic E-state index is -0.258. The Kier molecular flexibility index (Phi) is 8.75. The molecule has 0 bridgehead atoms. The van der Waals surface area contributed by atoms with Crippen LogP contribution in [0.25, 0.3) is 0 Å². The number of rotatable bonds is 5. The molecule has 19 heavy (non-hydrogen) atoms. The van der Waals surface area contributed by atoms with Crippen LogP contribution >= 0.6 is 11.6 Å². The molecule has 100 valence electrons. The quantitative estimate of drug-likeness (QED) is 0.681. The molecule has 0 saturated carbocycles. The molecule has 1 aromatic rings. The topological polar surface area (TPSA) is 47.9 Å². The first-order valence-electron chi connectivity index (χ1n) is 5.87. The summed E-state index contributed by atoms with van der Waals surface area (Å²) >= 11 is 5.97. The molecule has 1 unspecified atom stereocenters. The second-order valence-corrected chi connectivity index (χ2v) is 4.60. The Bertz CT molecular complexity index is 402. The van der Waals surface area contributed by atoms with Gasteiger partial charge in [-0.1, -0.05) is 18.5 Å². The van der Waals surface area contributed by atoms with Gasteiger partial charge >= 0.3 is 68.9 Å². The molecule has 0 amide bonds. The SMILES string of the molecule is C[C@H]1[CH-]OC(Oc2ccc(Cl)c(OCCO)c2)C1.[Cs+]. The van der Waals surface area contributed by atoms with Gasteiger partial charge in [0.05, 0.1) is 11.6 Å². The largest absolute Gasteiger partial charge is 1.00 e. The molecule has 6 heteroatoms. The number of halogens is 1. The average Bonchev–Trinajstić information content (AvgIpc) is 2.75. The second-order valence-electron chi connectivity index (χ2n) is 4.20. The van der Waals surface area contributed by atoms with E-state index in [0.717, 1.165) is 6.42 Å². The summed E-state index contributed by atoms with van der Waals surface area (Å²) in [6.45, 7) is 4.00. The molecular weight excluding hydrogens is 388 g/mol. The first-order chi connectivity index (χ1) is 8.69. The van der Waals surface area contributed by atoms with Crippen LogP contribution in [-0.4, -0.2) is 24.6 Å². The van der Waals surface area contributed by atoms with Crippen molar-refractivity contribution in [2.45, 2.75) is 19.6 Å². The molecule has 0 spiro atoms. The molecule has 4 nitrogen and oxygen atoms in total. The maximum Gasteiger partial charge on any atom is 1.00 e. The van der Waals surface area contributed by atoms with Crippen LogP contribution in [0.4, 0.5) is 0 Å². The van der Waals surface area contributed by atoms with Gasteiger partial charge < -0.3 is 19.3 Å². The van der Waals surface area contributed by atoms with Crippen molar-refractivity contribution in [2.24, 2.45) is 5.92 Å². The van der Waals surface area contributed by atoms with Gasteiger partial charge in [0.15, 0.2) is 6.29 Å². The minimum Gasteiger partial charge on any atom is -0.520 e. The predicted molar refractivity (Wildman–Crippen MR) is 67.6 cm³/mol. The van der Waals surface area contributed by atoms with Gasteiger partial charge in [0.25, 0.3) is 0 Å². The summed E-state index contributed by atoms with van der Waals surface area (Å²) in [5, 5.41) is 9.21. The van der Waals surface area contributed by atoms with E-state index in [0.29, 0.717) is 22.4 Å². The van der Waals surface area contributed by atoms with Gasteiger partial charge in [-0.05, 0) is 18.6 Å². The van der Waals surface area contributed by atoms with E-state index in [9.17, 15) is 0 Å². The molecule has 0 radical (unpaired) electrons. The molecule has 2 atom stereocenters. The zero-order valence-corrected chi connectivity index (χ0v) is 18.2. The monoisotopic (exact) mass is 404 g/mol. The molecule has 2 rings (SSSR count). The van der Waals surface area contributed by atoms with Crippen molar-refractivity contribution < 1.29 is 88.2 Å². The van der Waals surface area contributed by atoms with E-state index in [-0.39, 0.29) is 88.4 Å².